The van der Waals surface area contributed by atoms with Gasteiger partial charge in [0.25, 0.3) is 0 Å². The molecule has 0 atom stereocenters. The van der Waals surface area contributed by atoms with E-state index in [2.05, 4.69) is 0 Å². The van der Waals surface area contributed by atoms with Gasteiger partial charge in [0.1, 0.15) is 5.78 Å². The second kappa shape index (κ2) is 5.60. The van der Waals surface area contributed by atoms with Gasteiger partial charge in [-0.3, -0.25) is 4.79 Å². The molecule has 18 heavy (non-hydrogen) atoms. The maximum absolute atomic E-state index is 12.0. The summed E-state index contributed by atoms with van der Waals surface area (Å²) < 4.78 is 5.46. The molecule has 0 unspecified atom stereocenters. The number of ether oxygens (including phenoxy) is 1. The predicted molar refractivity (Wildman–Crippen MR) is 73.4 cm³/mol. The van der Waals surface area contributed by atoms with E-state index in [0.29, 0.717) is 22.9 Å². The Labute approximate surface area is 117 Å². The molecule has 1 aromatic rings. The van der Waals surface area contributed by atoms with Crippen molar-refractivity contribution >= 4 is 29.0 Å². The number of rotatable bonds is 5. The van der Waals surface area contributed by atoms with Crippen molar-refractivity contribution in [2.24, 2.45) is 0 Å². The summed E-state index contributed by atoms with van der Waals surface area (Å²) in [5, 5.41) is 1.14. The highest BCUT2D eigenvalue weighted by atomic mass is 35.5. The molecule has 2 rings (SSSR count). The van der Waals surface area contributed by atoms with E-state index in [1.165, 1.54) is 0 Å². The Bertz CT molecular complexity index is 448. The lowest BCUT2D eigenvalue weighted by molar-refractivity contribution is -0.131. The van der Waals surface area contributed by atoms with Gasteiger partial charge in [0, 0.05) is 30.0 Å². The number of carbonyl (C=O) groups is 1. The van der Waals surface area contributed by atoms with Gasteiger partial charge in [-0.2, -0.15) is 0 Å². The van der Waals surface area contributed by atoms with Gasteiger partial charge in [-0.25, -0.2) is 0 Å². The number of carbonyl (C=O) groups excluding carboxylic acids is 1. The van der Waals surface area contributed by atoms with E-state index in [1.54, 1.807) is 19.2 Å². The topological polar surface area (TPSA) is 26.3 Å². The summed E-state index contributed by atoms with van der Waals surface area (Å²) in [5.74, 6) is 0.167. The Balaban J connectivity index is 1.98. The number of benzene rings is 1. The molecule has 0 aliphatic heterocycles. The lowest BCUT2D eigenvalue weighted by atomic mass is 9.76. The highest BCUT2D eigenvalue weighted by molar-refractivity contribution is 6.35. The molecule has 0 saturated heterocycles. The van der Waals surface area contributed by atoms with Crippen LogP contribution in [0.3, 0.4) is 0 Å². The van der Waals surface area contributed by atoms with E-state index in [9.17, 15) is 4.79 Å². The molecule has 0 spiro atoms. The molecule has 2 nitrogen and oxygen atoms in total. The molecule has 1 aliphatic rings. The minimum absolute atomic E-state index is 0.167. The first-order valence-corrected chi connectivity index (χ1v) is 6.81. The molecule has 4 heteroatoms. The highest BCUT2D eigenvalue weighted by Gasteiger charge is 2.38. The van der Waals surface area contributed by atoms with Gasteiger partial charge in [-0.15, -0.1) is 0 Å². The zero-order valence-electron chi connectivity index (χ0n) is 10.3. The molecule has 1 aromatic carbocycles. The molecule has 1 fully saturated rings. The number of Topliss-reactive ketones (excluding diaryl/α,β-unsaturated/α-hetero) is 1. The Morgan fingerprint density at radius 1 is 1.39 bits per heavy atom. The van der Waals surface area contributed by atoms with E-state index in [4.69, 9.17) is 27.9 Å². The van der Waals surface area contributed by atoms with Crippen molar-refractivity contribution in [3.63, 3.8) is 0 Å². The fourth-order valence-electron chi connectivity index (χ4n) is 2.32. The van der Waals surface area contributed by atoms with Crippen LogP contribution >= 0.6 is 23.2 Å². The molecular formula is C14H16Cl2O2. The van der Waals surface area contributed by atoms with Crippen LogP contribution in [0.4, 0.5) is 0 Å². The first-order valence-electron chi connectivity index (χ1n) is 6.05. The second-order valence-electron chi connectivity index (χ2n) is 4.87. The molecule has 0 radical (unpaired) electrons. The normalized spacial score (nSPS) is 17.3. The SMILES string of the molecule is COC1(CC(=O)Cc2ccc(Cl)cc2Cl)CCC1. The monoisotopic (exact) mass is 286 g/mol. The third-order valence-electron chi connectivity index (χ3n) is 3.62. The fraction of sp³-hybridized carbons (Fsp3) is 0.500. The molecule has 0 heterocycles. The van der Waals surface area contributed by atoms with E-state index >= 15 is 0 Å². The molecule has 1 saturated carbocycles. The summed E-state index contributed by atoms with van der Waals surface area (Å²) in [6.07, 6.45) is 3.92. The third kappa shape index (κ3) is 3.05. The molecule has 0 bridgehead atoms. The molecule has 98 valence electrons. The maximum atomic E-state index is 12.0. The first kappa shape index (κ1) is 13.9. The molecule has 0 aromatic heterocycles. The average Bonchev–Trinajstić information content (AvgIpc) is 2.27. The zero-order valence-corrected chi connectivity index (χ0v) is 11.9. The van der Waals surface area contributed by atoms with Crippen molar-refractivity contribution in [1.82, 2.24) is 0 Å². The Hall–Kier alpha value is -0.570. The van der Waals surface area contributed by atoms with Crippen molar-refractivity contribution in [3.8, 4) is 0 Å². The van der Waals surface area contributed by atoms with Crippen LogP contribution in [0.5, 0.6) is 0 Å². The highest BCUT2D eigenvalue weighted by Crippen LogP contribution is 2.38. The van der Waals surface area contributed by atoms with E-state index in [-0.39, 0.29) is 11.4 Å². The summed E-state index contributed by atoms with van der Waals surface area (Å²) in [6.45, 7) is 0. The molecule has 0 N–H and O–H groups in total. The van der Waals surface area contributed by atoms with Gasteiger partial charge in [0.15, 0.2) is 0 Å². The average molecular weight is 287 g/mol. The number of hydrogen-bond donors (Lipinski definition) is 0. The summed E-state index contributed by atoms with van der Waals surface area (Å²) in [4.78, 5) is 12.0. The first-order chi connectivity index (χ1) is 8.54. The number of ketones is 1. The lowest BCUT2D eigenvalue weighted by Gasteiger charge is -2.40. The molecule has 1 aliphatic carbocycles. The van der Waals surface area contributed by atoms with Crippen LogP contribution in [0.1, 0.15) is 31.2 Å². The minimum atomic E-state index is -0.212. The summed E-state index contributed by atoms with van der Waals surface area (Å²) in [6, 6.07) is 5.23. The summed E-state index contributed by atoms with van der Waals surface area (Å²) in [7, 11) is 1.68. The summed E-state index contributed by atoms with van der Waals surface area (Å²) >= 11 is 11.9. The largest absolute Gasteiger partial charge is 0.378 e. The van der Waals surface area contributed by atoms with E-state index in [0.717, 1.165) is 24.8 Å². The Morgan fingerprint density at radius 2 is 2.11 bits per heavy atom. The number of halogens is 2. The van der Waals surface area contributed by atoms with Crippen molar-refractivity contribution in [3.05, 3.63) is 33.8 Å². The molecular weight excluding hydrogens is 271 g/mol. The zero-order chi connectivity index (χ0) is 13.2. The third-order valence-corrected chi connectivity index (χ3v) is 4.21. The van der Waals surface area contributed by atoms with Crippen LogP contribution in [0.2, 0.25) is 10.0 Å². The Kier molecular flexibility index (Phi) is 4.31. The van der Waals surface area contributed by atoms with Crippen LogP contribution in [-0.2, 0) is 16.0 Å². The van der Waals surface area contributed by atoms with Gasteiger partial charge in [0.2, 0.25) is 0 Å². The van der Waals surface area contributed by atoms with Gasteiger partial charge in [-0.05, 0) is 37.0 Å². The van der Waals surface area contributed by atoms with Crippen LogP contribution in [-0.4, -0.2) is 18.5 Å². The minimum Gasteiger partial charge on any atom is -0.378 e. The second-order valence-corrected chi connectivity index (χ2v) is 5.71. The van der Waals surface area contributed by atoms with Gasteiger partial charge < -0.3 is 4.74 Å². The quantitative estimate of drug-likeness (QED) is 0.816. The van der Waals surface area contributed by atoms with Crippen LogP contribution in [0, 0.1) is 0 Å². The summed E-state index contributed by atoms with van der Waals surface area (Å²) in [5.41, 5.74) is 0.618. The fourth-order valence-corrected chi connectivity index (χ4v) is 2.80. The Morgan fingerprint density at radius 3 is 2.61 bits per heavy atom. The van der Waals surface area contributed by atoms with Gasteiger partial charge in [0.05, 0.1) is 5.60 Å². The molecule has 0 amide bonds. The van der Waals surface area contributed by atoms with Gasteiger partial charge >= 0.3 is 0 Å². The maximum Gasteiger partial charge on any atom is 0.140 e. The van der Waals surface area contributed by atoms with Crippen LogP contribution < -0.4 is 0 Å². The van der Waals surface area contributed by atoms with E-state index in [1.807, 2.05) is 6.07 Å². The van der Waals surface area contributed by atoms with Crippen LogP contribution in [0.25, 0.3) is 0 Å². The lowest BCUT2D eigenvalue weighted by Crippen LogP contribution is -2.41. The van der Waals surface area contributed by atoms with Crippen molar-refractivity contribution in [2.45, 2.75) is 37.7 Å². The van der Waals surface area contributed by atoms with Crippen molar-refractivity contribution < 1.29 is 9.53 Å². The standard InChI is InChI=1S/C14H16Cl2O2/c1-18-14(5-2-6-14)9-12(17)7-10-3-4-11(15)8-13(10)16/h3-4,8H,2,5-7,9H2,1H3. The predicted octanol–water partition coefficient (Wildman–Crippen LogP) is 4.06. The van der Waals surface area contributed by atoms with Crippen molar-refractivity contribution in [1.29, 1.82) is 0 Å². The van der Waals surface area contributed by atoms with Crippen LogP contribution in [0.15, 0.2) is 18.2 Å². The van der Waals surface area contributed by atoms with Crippen molar-refractivity contribution in [2.75, 3.05) is 7.11 Å². The van der Waals surface area contributed by atoms with Gasteiger partial charge in [-0.1, -0.05) is 29.3 Å². The smallest absolute Gasteiger partial charge is 0.140 e. The number of hydrogen-bond acceptors (Lipinski definition) is 2. The number of methoxy groups -OCH3 is 1. The van der Waals surface area contributed by atoms with E-state index < -0.39 is 0 Å².